The fourth-order valence-electron chi connectivity index (χ4n) is 2.26. The number of rotatable bonds is 6. The highest BCUT2D eigenvalue weighted by molar-refractivity contribution is 6.35. The number of carbonyl (C=O) groups excluding carboxylic acids is 1. The first kappa shape index (κ1) is 18.2. The molecule has 0 bridgehead atoms. The Labute approximate surface area is 150 Å². The second kappa shape index (κ2) is 8.13. The zero-order valence-electron chi connectivity index (χ0n) is 13.5. The molecule has 0 spiro atoms. The zero-order valence-corrected chi connectivity index (χ0v) is 15.0. The molecule has 0 aromatic heterocycles. The first-order valence-electron chi connectivity index (χ1n) is 7.03. The Morgan fingerprint density at radius 2 is 1.71 bits per heavy atom. The number of nitrogens with one attached hydrogen (secondary N) is 1. The first-order chi connectivity index (χ1) is 11.5. The fraction of sp³-hybridized carbons (Fsp3) is 0.235. The largest absolute Gasteiger partial charge is 0.493 e. The molecular formula is C17H17Cl2NO4. The zero-order chi connectivity index (χ0) is 17.7. The molecule has 7 heteroatoms. The van der Waals surface area contributed by atoms with Crippen LogP contribution in [0.3, 0.4) is 0 Å². The second-order valence-electron chi connectivity index (χ2n) is 4.84. The van der Waals surface area contributed by atoms with Crippen molar-refractivity contribution in [2.45, 2.75) is 6.42 Å². The highest BCUT2D eigenvalue weighted by Crippen LogP contribution is 2.40. The summed E-state index contributed by atoms with van der Waals surface area (Å²) in [5.41, 5.74) is 1.11. The maximum absolute atomic E-state index is 12.3. The van der Waals surface area contributed by atoms with Crippen molar-refractivity contribution in [3.63, 3.8) is 0 Å². The Kier molecular flexibility index (Phi) is 6.17. The Hall–Kier alpha value is -2.11. The third-order valence-electron chi connectivity index (χ3n) is 3.34. The van der Waals surface area contributed by atoms with Crippen molar-refractivity contribution in [2.75, 3.05) is 26.6 Å². The summed E-state index contributed by atoms with van der Waals surface area (Å²) >= 11 is 12.0. The minimum atomic E-state index is -0.260. The van der Waals surface area contributed by atoms with Crippen LogP contribution in [0, 0.1) is 0 Å². The van der Waals surface area contributed by atoms with Gasteiger partial charge in [-0.1, -0.05) is 29.3 Å². The number of carbonyl (C=O) groups is 1. The Balaban J connectivity index is 2.24. The van der Waals surface area contributed by atoms with Gasteiger partial charge in [0.05, 0.1) is 38.5 Å². The summed E-state index contributed by atoms with van der Waals surface area (Å²) in [4.78, 5) is 12.3. The van der Waals surface area contributed by atoms with Crippen LogP contribution < -0.4 is 19.5 Å². The Bertz CT molecular complexity index is 750. The molecule has 0 atom stereocenters. The van der Waals surface area contributed by atoms with Crippen molar-refractivity contribution in [1.29, 1.82) is 0 Å². The van der Waals surface area contributed by atoms with Crippen molar-refractivity contribution in [3.8, 4) is 17.2 Å². The van der Waals surface area contributed by atoms with E-state index in [0.29, 0.717) is 38.5 Å². The number of hydrogen-bond acceptors (Lipinski definition) is 4. The number of benzene rings is 2. The molecule has 0 saturated heterocycles. The lowest BCUT2D eigenvalue weighted by molar-refractivity contribution is -0.115. The number of amides is 1. The maximum Gasteiger partial charge on any atom is 0.228 e. The summed E-state index contributed by atoms with van der Waals surface area (Å²) < 4.78 is 15.9. The molecule has 0 aliphatic rings. The summed E-state index contributed by atoms with van der Waals surface area (Å²) in [7, 11) is 4.55. The lowest BCUT2D eigenvalue weighted by Crippen LogP contribution is -2.15. The van der Waals surface area contributed by atoms with Gasteiger partial charge in [0.25, 0.3) is 0 Å². The van der Waals surface area contributed by atoms with E-state index in [2.05, 4.69) is 5.32 Å². The van der Waals surface area contributed by atoms with E-state index in [1.807, 2.05) is 0 Å². The van der Waals surface area contributed by atoms with Crippen LogP contribution in [0.15, 0.2) is 30.3 Å². The van der Waals surface area contributed by atoms with E-state index >= 15 is 0 Å². The van der Waals surface area contributed by atoms with Crippen LogP contribution in [0.25, 0.3) is 0 Å². The maximum atomic E-state index is 12.3. The van der Waals surface area contributed by atoms with Crippen LogP contribution >= 0.6 is 23.2 Å². The third-order valence-corrected chi connectivity index (χ3v) is 3.90. The molecule has 128 valence electrons. The quantitative estimate of drug-likeness (QED) is 0.828. The average molecular weight is 370 g/mol. The molecule has 1 N–H and O–H groups in total. The lowest BCUT2D eigenvalue weighted by Gasteiger charge is -2.15. The summed E-state index contributed by atoms with van der Waals surface area (Å²) in [5.74, 6) is 1.15. The van der Waals surface area contributed by atoms with Gasteiger partial charge in [-0.05, 0) is 24.3 Å². The van der Waals surface area contributed by atoms with E-state index in [4.69, 9.17) is 37.4 Å². The first-order valence-corrected chi connectivity index (χ1v) is 7.78. The molecule has 0 heterocycles. The van der Waals surface area contributed by atoms with E-state index in [1.165, 1.54) is 21.3 Å². The molecule has 0 radical (unpaired) electrons. The Morgan fingerprint density at radius 1 is 1.00 bits per heavy atom. The van der Waals surface area contributed by atoms with Crippen molar-refractivity contribution in [3.05, 3.63) is 45.9 Å². The van der Waals surface area contributed by atoms with Crippen LogP contribution in [0.5, 0.6) is 17.2 Å². The topological polar surface area (TPSA) is 56.8 Å². The number of methoxy groups -OCH3 is 3. The second-order valence-corrected chi connectivity index (χ2v) is 5.69. The van der Waals surface area contributed by atoms with Gasteiger partial charge in [-0.3, -0.25) is 4.79 Å². The predicted octanol–water partition coefficient (Wildman–Crippen LogP) is 4.20. The van der Waals surface area contributed by atoms with Crippen LogP contribution in [0.1, 0.15) is 5.56 Å². The molecule has 0 aliphatic carbocycles. The molecule has 2 aromatic carbocycles. The van der Waals surface area contributed by atoms with Gasteiger partial charge < -0.3 is 19.5 Å². The average Bonchev–Trinajstić information content (AvgIpc) is 2.57. The SMILES string of the molecule is COc1ccc(CC(=O)Nc2cc(Cl)ccc2Cl)c(OC)c1OC. The van der Waals surface area contributed by atoms with Gasteiger partial charge in [0.2, 0.25) is 11.7 Å². The molecule has 2 aromatic rings. The smallest absolute Gasteiger partial charge is 0.228 e. The highest BCUT2D eigenvalue weighted by atomic mass is 35.5. The van der Waals surface area contributed by atoms with Gasteiger partial charge in [0, 0.05) is 10.6 Å². The van der Waals surface area contributed by atoms with Gasteiger partial charge in [-0.2, -0.15) is 0 Å². The minimum absolute atomic E-state index is 0.0758. The molecule has 2 rings (SSSR count). The molecule has 0 fully saturated rings. The summed E-state index contributed by atoms with van der Waals surface area (Å²) in [6.45, 7) is 0. The van der Waals surface area contributed by atoms with E-state index < -0.39 is 0 Å². The van der Waals surface area contributed by atoms with Crippen LogP contribution in [-0.4, -0.2) is 27.2 Å². The lowest BCUT2D eigenvalue weighted by atomic mass is 10.1. The molecule has 0 saturated carbocycles. The van der Waals surface area contributed by atoms with Gasteiger partial charge in [-0.25, -0.2) is 0 Å². The predicted molar refractivity (Wildman–Crippen MR) is 94.9 cm³/mol. The number of anilines is 1. The monoisotopic (exact) mass is 369 g/mol. The van der Waals surface area contributed by atoms with E-state index in [-0.39, 0.29) is 12.3 Å². The van der Waals surface area contributed by atoms with Crippen LogP contribution in [0.2, 0.25) is 10.0 Å². The molecular weight excluding hydrogens is 353 g/mol. The van der Waals surface area contributed by atoms with Crippen molar-refractivity contribution in [1.82, 2.24) is 0 Å². The number of hydrogen-bond donors (Lipinski definition) is 1. The molecule has 0 unspecified atom stereocenters. The number of ether oxygens (including phenoxy) is 3. The van der Waals surface area contributed by atoms with Crippen molar-refractivity contribution >= 4 is 34.8 Å². The van der Waals surface area contributed by atoms with E-state index in [9.17, 15) is 4.79 Å². The van der Waals surface area contributed by atoms with Crippen molar-refractivity contribution in [2.24, 2.45) is 0 Å². The summed E-state index contributed by atoms with van der Waals surface area (Å²) in [5, 5.41) is 3.63. The molecule has 24 heavy (non-hydrogen) atoms. The molecule has 5 nitrogen and oxygen atoms in total. The van der Waals surface area contributed by atoms with Gasteiger partial charge in [-0.15, -0.1) is 0 Å². The Morgan fingerprint density at radius 3 is 2.33 bits per heavy atom. The van der Waals surface area contributed by atoms with Gasteiger partial charge in [0.15, 0.2) is 11.5 Å². The van der Waals surface area contributed by atoms with Crippen LogP contribution in [0.4, 0.5) is 5.69 Å². The summed E-state index contributed by atoms with van der Waals surface area (Å²) in [6.07, 6.45) is 0.0758. The van der Waals surface area contributed by atoms with E-state index in [1.54, 1.807) is 30.3 Å². The molecule has 1 amide bonds. The highest BCUT2D eigenvalue weighted by Gasteiger charge is 2.18. The normalized spacial score (nSPS) is 10.2. The van der Waals surface area contributed by atoms with E-state index in [0.717, 1.165) is 0 Å². The van der Waals surface area contributed by atoms with Gasteiger partial charge in [0.1, 0.15) is 0 Å². The number of halogens is 2. The van der Waals surface area contributed by atoms with Crippen molar-refractivity contribution < 1.29 is 19.0 Å². The van der Waals surface area contributed by atoms with Crippen LogP contribution in [-0.2, 0) is 11.2 Å². The minimum Gasteiger partial charge on any atom is -0.493 e. The molecule has 0 aliphatic heterocycles. The third kappa shape index (κ3) is 4.04. The summed E-state index contributed by atoms with van der Waals surface area (Å²) in [6, 6.07) is 8.33. The van der Waals surface area contributed by atoms with Gasteiger partial charge >= 0.3 is 0 Å². The standard InChI is InChI=1S/C17H17Cl2NO4/c1-22-14-7-4-10(16(23-2)17(14)24-3)8-15(21)20-13-9-11(18)5-6-12(13)19/h4-7,9H,8H2,1-3H3,(H,20,21). The fourth-order valence-corrected chi connectivity index (χ4v) is 2.60.